The Kier molecular flexibility index (Phi) is 6.02. The van der Waals surface area contributed by atoms with E-state index in [1.165, 1.54) is 0 Å². The monoisotopic (exact) mass is 319 g/mol. The molecule has 1 aromatic carbocycles. The molecule has 0 saturated heterocycles. The molecule has 6 heteroatoms. The summed E-state index contributed by atoms with van der Waals surface area (Å²) in [7, 11) is 0. The lowest BCUT2D eigenvalue weighted by Crippen LogP contribution is -2.09. The molecule has 0 unspecified atom stereocenters. The second kappa shape index (κ2) is 8.22. The summed E-state index contributed by atoms with van der Waals surface area (Å²) in [6, 6.07) is 5.35. The largest absolute Gasteiger partial charge is 0.513 e. The molecule has 1 heterocycles. The van der Waals surface area contributed by atoms with E-state index in [0.29, 0.717) is 25.2 Å². The van der Waals surface area contributed by atoms with Crippen LogP contribution in [0.5, 0.6) is 5.75 Å². The fourth-order valence-electron chi connectivity index (χ4n) is 2.33. The smallest absolute Gasteiger partial charge is 0.466 e. The lowest BCUT2D eigenvalue weighted by molar-refractivity contribution is -0.143. The number of carbonyl (C=O) groups is 2. The van der Waals surface area contributed by atoms with E-state index in [1.54, 1.807) is 26.0 Å². The van der Waals surface area contributed by atoms with Crippen LogP contribution >= 0.6 is 0 Å². The lowest BCUT2D eigenvalue weighted by Gasteiger charge is -2.05. The van der Waals surface area contributed by atoms with Gasteiger partial charge in [-0.2, -0.15) is 0 Å². The van der Waals surface area contributed by atoms with Gasteiger partial charge in [-0.15, -0.1) is 0 Å². The van der Waals surface area contributed by atoms with Gasteiger partial charge < -0.3 is 19.2 Å². The van der Waals surface area contributed by atoms with Crippen molar-refractivity contribution in [1.29, 1.82) is 0 Å². The Hall–Kier alpha value is -2.50. The summed E-state index contributed by atoms with van der Waals surface area (Å²) in [5, 5.41) is 0.968. The summed E-state index contributed by atoms with van der Waals surface area (Å²) in [5.74, 6) is 0.251. The van der Waals surface area contributed by atoms with Crippen LogP contribution in [0, 0.1) is 0 Å². The van der Waals surface area contributed by atoms with Gasteiger partial charge in [0, 0.05) is 23.5 Å². The highest BCUT2D eigenvalue weighted by Gasteiger charge is 2.10. The second-order valence-electron chi connectivity index (χ2n) is 4.96. The van der Waals surface area contributed by atoms with Crippen molar-refractivity contribution in [2.24, 2.45) is 0 Å². The first-order chi connectivity index (χ1) is 11.1. The molecule has 2 aromatic rings. The fraction of sp³-hybridized carbons (Fsp3) is 0.412. The number of esters is 1. The van der Waals surface area contributed by atoms with Crippen molar-refractivity contribution in [3.8, 4) is 5.75 Å². The van der Waals surface area contributed by atoms with E-state index < -0.39 is 6.16 Å². The third-order valence-corrected chi connectivity index (χ3v) is 3.33. The van der Waals surface area contributed by atoms with E-state index in [2.05, 4.69) is 4.98 Å². The van der Waals surface area contributed by atoms with Crippen LogP contribution in [-0.4, -0.2) is 30.3 Å². The summed E-state index contributed by atoms with van der Waals surface area (Å²) in [6.45, 7) is 4.19. The van der Waals surface area contributed by atoms with Gasteiger partial charge in [0.1, 0.15) is 5.75 Å². The molecule has 0 bridgehead atoms. The molecule has 0 spiro atoms. The van der Waals surface area contributed by atoms with Gasteiger partial charge in [0.15, 0.2) is 0 Å². The summed E-state index contributed by atoms with van der Waals surface area (Å²) in [4.78, 5) is 25.9. The predicted molar refractivity (Wildman–Crippen MR) is 85.5 cm³/mol. The maximum absolute atomic E-state index is 11.4. The quantitative estimate of drug-likeness (QED) is 0.623. The minimum atomic E-state index is -0.716. The minimum absolute atomic E-state index is 0.182. The molecule has 1 aromatic heterocycles. The van der Waals surface area contributed by atoms with E-state index in [9.17, 15) is 9.59 Å². The van der Waals surface area contributed by atoms with Crippen LogP contribution in [0.1, 0.15) is 32.3 Å². The molecule has 0 amide bonds. The van der Waals surface area contributed by atoms with Crippen LogP contribution < -0.4 is 4.74 Å². The first kappa shape index (κ1) is 16.9. The number of nitrogens with one attached hydrogen (secondary N) is 1. The summed E-state index contributed by atoms with van der Waals surface area (Å²) >= 11 is 0. The van der Waals surface area contributed by atoms with Crippen molar-refractivity contribution in [3.05, 3.63) is 30.0 Å². The molecule has 0 aliphatic carbocycles. The highest BCUT2D eigenvalue weighted by atomic mass is 16.7. The molecule has 6 nitrogen and oxygen atoms in total. The normalized spacial score (nSPS) is 10.5. The van der Waals surface area contributed by atoms with Crippen molar-refractivity contribution < 1.29 is 23.8 Å². The van der Waals surface area contributed by atoms with E-state index in [1.807, 2.05) is 12.3 Å². The second-order valence-corrected chi connectivity index (χ2v) is 4.96. The van der Waals surface area contributed by atoms with Gasteiger partial charge >= 0.3 is 12.1 Å². The van der Waals surface area contributed by atoms with Gasteiger partial charge in [0.25, 0.3) is 0 Å². The lowest BCUT2D eigenvalue weighted by atomic mass is 10.1. The van der Waals surface area contributed by atoms with Gasteiger partial charge in [0.2, 0.25) is 0 Å². The van der Waals surface area contributed by atoms with E-state index >= 15 is 0 Å². The zero-order valence-electron chi connectivity index (χ0n) is 13.4. The van der Waals surface area contributed by atoms with Crippen molar-refractivity contribution in [1.82, 2.24) is 4.98 Å². The molecular formula is C17H21NO5. The van der Waals surface area contributed by atoms with Crippen LogP contribution in [0.4, 0.5) is 4.79 Å². The van der Waals surface area contributed by atoms with Crippen LogP contribution in [0.25, 0.3) is 10.9 Å². The van der Waals surface area contributed by atoms with Gasteiger partial charge in [-0.3, -0.25) is 4.79 Å². The molecule has 0 saturated carbocycles. The average molecular weight is 319 g/mol. The first-order valence-electron chi connectivity index (χ1n) is 7.74. The van der Waals surface area contributed by atoms with Crippen LogP contribution in [0.3, 0.4) is 0 Å². The zero-order chi connectivity index (χ0) is 16.7. The minimum Gasteiger partial charge on any atom is -0.466 e. The van der Waals surface area contributed by atoms with Gasteiger partial charge in [0.05, 0.1) is 13.2 Å². The number of rotatable bonds is 7. The Morgan fingerprint density at radius 3 is 2.65 bits per heavy atom. The summed E-state index contributed by atoms with van der Waals surface area (Å²) in [5.41, 5.74) is 2.02. The number of hydrogen-bond donors (Lipinski definition) is 1. The molecule has 0 aliphatic heterocycles. The molecule has 1 N–H and O–H groups in total. The van der Waals surface area contributed by atoms with Crippen LogP contribution in [-0.2, 0) is 20.7 Å². The summed E-state index contributed by atoms with van der Waals surface area (Å²) < 4.78 is 14.8. The topological polar surface area (TPSA) is 77.6 Å². The third-order valence-electron chi connectivity index (χ3n) is 3.33. The van der Waals surface area contributed by atoms with Crippen LogP contribution in [0.2, 0.25) is 0 Å². The molecule has 0 aliphatic rings. The van der Waals surface area contributed by atoms with Crippen LogP contribution in [0.15, 0.2) is 24.4 Å². The predicted octanol–water partition coefficient (Wildman–Crippen LogP) is 3.59. The SMILES string of the molecule is CCOC(=O)CCCc1c[nH]c2ccc(OC(=O)OCC)cc12. The van der Waals surface area contributed by atoms with Gasteiger partial charge in [-0.05, 0) is 50.5 Å². The number of benzene rings is 1. The Balaban J connectivity index is 2.03. The van der Waals surface area contributed by atoms with E-state index in [-0.39, 0.29) is 12.6 Å². The highest BCUT2D eigenvalue weighted by Crippen LogP contribution is 2.25. The number of ether oxygens (including phenoxy) is 3. The molecule has 2 rings (SSSR count). The number of aromatic amines is 1. The van der Waals surface area contributed by atoms with Gasteiger partial charge in [-0.1, -0.05) is 0 Å². The van der Waals surface area contributed by atoms with E-state index in [0.717, 1.165) is 22.9 Å². The molecular weight excluding hydrogens is 298 g/mol. The standard InChI is InChI=1S/C17H21NO5/c1-3-21-16(19)7-5-6-12-11-18-15-9-8-13(10-14(12)15)23-17(20)22-4-2/h8-11,18H,3-7H2,1-2H3. The summed E-state index contributed by atoms with van der Waals surface area (Å²) in [6.07, 6.45) is 3.02. The zero-order valence-corrected chi connectivity index (χ0v) is 13.4. The average Bonchev–Trinajstić information content (AvgIpc) is 2.90. The maximum Gasteiger partial charge on any atom is 0.513 e. The number of fused-ring (bicyclic) bond motifs is 1. The number of hydrogen-bond acceptors (Lipinski definition) is 5. The Labute approximate surface area is 134 Å². The van der Waals surface area contributed by atoms with Gasteiger partial charge in [-0.25, -0.2) is 4.79 Å². The van der Waals surface area contributed by atoms with Crippen molar-refractivity contribution >= 4 is 23.0 Å². The van der Waals surface area contributed by atoms with Crippen molar-refractivity contribution in [3.63, 3.8) is 0 Å². The molecule has 23 heavy (non-hydrogen) atoms. The Morgan fingerprint density at radius 1 is 1.13 bits per heavy atom. The molecule has 0 radical (unpaired) electrons. The molecule has 0 atom stereocenters. The Bertz CT molecular complexity index is 677. The van der Waals surface area contributed by atoms with Crippen molar-refractivity contribution in [2.45, 2.75) is 33.1 Å². The Morgan fingerprint density at radius 2 is 1.91 bits per heavy atom. The number of carbonyl (C=O) groups excluding carboxylic acids is 2. The van der Waals surface area contributed by atoms with Crippen molar-refractivity contribution in [2.75, 3.05) is 13.2 Å². The third kappa shape index (κ3) is 4.74. The first-order valence-corrected chi connectivity index (χ1v) is 7.74. The number of aromatic nitrogens is 1. The molecule has 0 fully saturated rings. The fourth-order valence-corrected chi connectivity index (χ4v) is 2.33. The molecule has 124 valence electrons. The number of aryl methyl sites for hydroxylation is 1. The maximum atomic E-state index is 11.4. The van der Waals surface area contributed by atoms with E-state index in [4.69, 9.17) is 14.2 Å². The number of H-pyrrole nitrogens is 1. The highest BCUT2D eigenvalue weighted by molar-refractivity contribution is 5.85.